The summed E-state index contributed by atoms with van der Waals surface area (Å²) in [6, 6.07) is 5.43. The Morgan fingerprint density at radius 1 is 1.12 bits per heavy atom. The number of rotatable bonds is 7. The van der Waals surface area contributed by atoms with Gasteiger partial charge in [-0.05, 0) is 30.5 Å². The fourth-order valence-corrected chi connectivity index (χ4v) is 4.18. The molecule has 2 amide bonds. The molecule has 1 atom stereocenters. The Labute approximate surface area is 199 Å². The van der Waals surface area contributed by atoms with Gasteiger partial charge in [0.2, 0.25) is 17.7 Å². The van der Waals surface area contributed by atoms with E-state index in [1.807, 2.05) is 0 Å². The number of alkyl halides is 3. The highest BCUT2D eigenvalue weighted by Crippen LogP contribution is 2.34. The Morgan fingerprint density at radius 2 is 1.79 bits per heavy atom. The predicted octanol–water partition coefficient (Wildman–Crippen LogP) is 3.87. The molecule has 0 aliphatic heterocycles. The summed E-state index contributed by atoms with van der Waals surface area (Å²) in [5.41, 5.74) is 2.44. The highest BCUT2D eigenvalue weighted by atomic mass is 35.5. The largest absolute Gasteiger partial charge is 0.351 e. The first kappa shape index (κ1) is 23.7. The number of hydrogen-bond acceptors (Lipinski definition) is 5. The van der Waals surface area contributed by atoms with E-state index in [0.717, 1.165) is 11.3 Å². The molecular formula is C23H23ClF2N6O2. The van der Waals surface area contributed by atoms with Crippen molar-refractivity contribution in [2.24, 2.45) is 0 Å². The Balaban J connectivity index is 1.65. The number of carbonyl (C=O) groups excluding carboxylic acids is 2. The number of anilines is 1. The molecule has 1 saturated carbocycles. The van der Waals surface area contributed by atoms with E-state index < -0.39 is 29.8 Å². The van der Waals surface area contributed by atoms with Crippen LogP contribution in [0.2, 0.25) is 0 Å². The highest BCUT2D eigenvalue weighted by molar-refractivity contribution is 6.29. The van der Waals surface area contributed by atoms with Crippen molar-refractivity contribution in [3.05, 3.63) is 61.1 Å². The van der Waals surface area contributed by atoms with Crippen LogP contribution in [-0.2, 0) is 9.59 Å². The molecule has 0 saturated heterocycles. The minimum atomic E-state index is -2.72. The second-order valence-corrected chi connectivity index (χ2v) is 8.39. The Hall–Kier alpha value is -3.40. The van der Waals surface area contributed by atoms with Gasteiger partial charge in [0.25, 0.3) is 0 Å². The summed E-state index contributed by atoms with van der Waals surface area (Å²) in [6.07, 6.45) is 7.14. The van der Waals surface area contributed by atoms with Gasteiger partial charge in [0.1, 0.15) is 18.2 Å². The number of imidazole rings is 1. The summed E-state index contributed by atoms with van der Waals surface area (Å²) in [7, 11) is 0. The fourth-order valence-electron chi connectivity index (χ4n) is 4.05. The Kier molecular flexibility index (Phi) is 7.16. The number of amides is 2. The number of benzene rings is 1. The number of carbonyl (C=O) groups is 2. The number of nitrogens with zero attached hydrogens (tertiary/aromatic N) is 4. The Bertz CT molecular complexity index is 1100. The van der Waals surface area contributed by atoms with Gasteiger partial charge >= 0.3 is 0 Å². The van der Waals surface area contributed by atoms with Crippen molar-refractivity contribution in [3.8, 4) is 11.3 Å². The first-order valence-corrected chi connectivity index (χ1v) is 11.3. The summed E-state index contributed by atoms with van der Waals surface area (Å²) in [5, 5.41) is 2.84. The molecular weight excluding hydrogens is 466 g/mol. The zero-order valence-corrected chi connectivity index (χ0v) is 18.9. The first-order valence-electron chi connectivity index (χ1n) is 10.8. The Morgan fingerprint density at radius 3 is 2.38 bits per heavy atom. The molecule has 2 aromatic heterocycles. The van der Waals surface area contributed by atoms with E-state index in [1.54, 1.807) is 36.8 Å². The molecule has 8 nitrogen and oxygen atoms in total. The number of aromatic nitrogens is 4. The third kappa shape index (κ3) is 5.39. The van der Waals surface area contributed by atoms with Crippen LogP contribution in [0.4, 0.5) is 14.5 Å². The van der Waals surface area contributed by atoms with Gasteiger partial charge in [-0.3, -0.25) is 14.5 Å². The van der Waals surface area contributed by atoms with Gasteiger partial charge in [-0.15, -0.1) is 11.6 Å². The summed E-state index contributed by atoms with van der Waals surface area (Å²) in [4.78, 5) is 42.7. The van der Waals surface area contributed by atoms with Crippen molar-refractivity contribution in [3.63, 3.8) is 0 Å². The fraction of sp³-hybridized carbons (Fsp3) is 0.348. The third-order valence-corrected chi connectivity index (χ3v) is 6.03. The quantitative estimate of drug-likeness (QED) is 0.491. The van der Waals surface area contributed by atoms with Crippen LogP contribution in [0.1, 0.15) is 37.3 Å². The summed E-state index contributed by atoms with van der Waals surface area (Å²) in [5.74, 6) is -4.10. The van der Waals surface area contributed by atoms with Crippen molar-refractivity contribution >= 4 is 29.1 Å². The molecule has 3 aromatic rings. The maximum absolute atomic E-state index is 13.6. The van der Waals surface area contributed by atoms with E-state index in [0.29, 0.717) is 11.3 Å². The number of H-pyrrole nitrogens is 1. The van der Waals surface area contributed by atoms with Gasteiger partial charge in [0.05, 0.1) is 18.2 Å². The molecule has 1 aromatic carbocycles. The average molecular weight is 489 g/mol. The van der Waals surface area contributed by atoms with Crippen LogP contribution >= 0.6 is 11.6 Å². The topological polar surface area (TPSA) is 104 Å². The minimum absolute atomic E-state index is 0.152. The maximum atomic E-state index is 13.6. The van der Waals surface area contributed by atoms with Crippen molar-refractivity contribution in [2.75, 3.05) is 10.8 Å². The van der Waals surface area contributed by atoms with E-state index in [2.05, 4.69) is 25.3 Å². The molecule has 1 unspecified atom stereocenters. The molecule has 1 fully saturated rings. The van der Waals surface area contributed by atoms with E-state index in [1.165, 1.54) is 23.6 Å². The van der Waals surface area contributed by atoms with Gasteiger partial charge in [0.15, 0.2) is 0 Å². The van der Waals surface area contributed by atoms with Crippen LogP contribution in [0, 0.1) is 0 Å². The van der Waals surface area contributed by atoms with Crippen molar-refractivity contribution in [1.82, 2.24) is 25.3 Å². The molecule has 1 aliphatic rings. The van der Waals surface area contributed by atoms with Crippen LogP contribution in [0.25, 0.3) is 11.3 Å². The van der Waals surface area contributed by atoms with E-state index in [4.69, 9.17) is 11.6 Å². The molecule has 1 aliphatic carbocycles. The average Bonchev–Trinajstić information content (AvgIpc) is 3.39. The van der Waals surface area contributed by atoms with Crippen molar-refractivity contribution in [1.29, 1.82) is 0 Å². The molecule has 0 radical (unpaired) electrons. The number of aromatic amines is 1. The van der Waals surface area contributed by atoms with Gasteiger partial charge in [-0.25, -0.2) is 23.7 Å². The molecule has 2 N–H and O–H groups in total. The summed E-state index contributed by atoms with van der Waals surface area (Å²) < 4.78 is 27.1. The minimum Gasteiger partial charge on any atom is -0.351 e. The van der Waals surface area contributed by atoms with E-state index in [9.17, 15) is 18.4 Å². The molecule has 11 heteroatoms. The van der Waals surface area contributed by atoms with Crippen LogP contribution in [-0.4, -0.2) is 49.6 Å². The van der Waals surface area contributed by atoms with Gasteiger partial charge in [0, 0.05) is 42.5 Å². The van der Waals surface area contributed by atoms with Gasteiger partial charge in [-0.1, -0.05) is 12.1 Å². The second-order valence-electron chi connectivity index (χ2n) is 8.12. The van der Waals surface area contributed by atoms with Gasteiger partial charge < -0.3 is 10.3 Å². The van der Waals surface area contributed by atoms with Crippen LogP contribution in [0.15, 0.2) is 55.5 Å². The maximum Gasteiger partial charge on any atom is 0.248 e. The standard InChI is InChI=1S/C23H23ClF2N6O2/c24-9-20(33)32(18-3-1-15(2-4-18)19-12-29-14-30-19)21(16-10-27-13-28-11-16)22(34)31-17-5-7-23(25,26)8-6-17/h1-4,10-14,17,21H,5-9H2,(H,29,30)(H,31,34). The summed E-state index contributed by atoms with van der Waals surface area (Å²) in [6.45, 7) is 0. The van der Waals surface area contributed by atoms with Crippen LogP contribution in [0.5, 0.6) is 0 Å². The summed E-state index contributed by atoms with van der Waals surface area (Å²) >= 11 is 5.92. The first-order chi connectivity index (χ1) is 16.4. The number of hydrogen-bond donors (Lipinski definition) is 2. The number of nitrogens with one attached hydrogen (secondary N) is 2. The third-order valence-electron chi connectivity index (χ3n) is 5.80. The number of halogens is 3. The van der Waals surface area contributed by atoms with Crippen molar-refractivity contribution < 1.29 is 18.4 Å². The zero-order chi connectivity index (χ0) is 24.1. The monoisotopic (exact) mass is 488 g/mol. The molecule has 178 valence electrons. The molecule has 34 heavy (non-hydrogen) atoms. The lowest BCUT2D eigenvalue weighted by Gasteiger charge is -2.34. The normalized spacial score (nSPS) is 16.6. The zero-order valence-electron chi connectivity index (χ0n) is 18.1. The van der Waals surface area contributed by atoms with E-state index >= 15 is 0 Å². The van der Waals surface area contributed by atoms with Gasteiger partial charge in [-0.2, -0.15) is 0 Å². The smallest absolute Gasteiger partial charge is 0.248 e. The van der Waals surface area contributed by atoms with Crippen LogP contribution < -0.4 is 10.2 Å². The lowest BCUT2D eigenvalue weighted by Crippen LogP contribution is -2.48. The molecule has 4 rings (SSSR count). The van der Waals surface area contributed by atoms with E-state index in [-0.39, 0.29) is 31.6 Å². The molecule has 0 spiro atoms. The second kappa shape index (κ2) is 10.3. The highest BCUT2D eigenvalue weighted by Gasteiger charge is 2.38. The van der Waals surface area contributed by atoms with Crippen molar-refractivity contribution in [2.45, 2.75) is 43.7 Å². The molecule has 2 heterocycles. The van der Waals surface area contributed by atoms with Crippen LogP contribution in [0.3, 0.4) is 0 Å². The predicted molar refractivity (Wildman–Crippen MR) is 122 cm³/mol. The lowest BCUT2D eigenvalue weighted by atomic mass is 9.92. The SMILES string of the molecule is O=C(NC1CCC(F)(F)CC1)C(c1cncnc1)N(C(=O)CCl)c1ccc(-c2cnc[nH]2)cc1. The lowest BCUT2D eigenvalue weighted by molar-refractivity contribution is -0.127. The molecule has 0 bridgehead atoms.